The summed E-state index contributed by atoms with van der Waals surface area (Å²) in [6.45, 7) is 0. The Morgan fingerprint density at radius 2 is 1.07 bits per heavy atom. The Hall–Kier alpha value is 0.820. The molecule has 0 heterocycles. The minimum atomic E-state index is -2.67. The molecule has 0 aliphatic heterocycles. The number of hydrogen-bond acceptors (Lipinski definition) is 3. The Kier molecular flexibility index (Phi) is 5.03. The number of benzene rings is 1. The van der Waals surface area contributed by atoms with Crippen LogP contribution in [0.25, 0.3) is 0 Å². The largest absolute Gasteiger partial charge is 0.424 e. The van der Waals surface area contributed by atoms with Crippen LogP contribution in [0.5, 0.6) is 5.75 Å². The van der Waals surface area contributed by atoms with Gasteiger partial charge in [0, 0.05) is 0 Å². The van der Waals surface area contributed by atoms with E-state index in [1.807, 2.05) is 0 Å². The van der Waals surface area contributed by atoms with Gasteiger partial charge in [0.2, 0.25) is 0 Å². The van der Waals surface area contributed by atoms with Crippen LogP contribution < -0.4 is 4.52 Å². The first kappa shape index (κ1) is 13.9. The molecule has 0 amide bonds. The number of rotatable bonds is 2. The molecule has 0 atom stereocenters. The van der Waals surface area contributed by atoms with Crippen molar-refractivity contribution >= 4 is 66.6 Å². The zero-order valence-electron chi connectivity index (χ0n) is 6.64. The van der Waals surface area contributed by atoms with E-state index in [9.17, 15) is 0 Å². The Labute approximate surface area is 111 Å². The maximum Gasteiger partial charge on any atom is 0.391 e. The SMILES string of the molecule is OP(O)Oc1c(Cl)c(Cl)c(Cl)c(Cl)c1Cl. The molecule has 0 aliphatic rings. The first-order valence-electron chi connectivity index (χ1n) is 3.23. The van der Waals surface area contributed by atoms with E-state index in [4.69, 9.17) is 67.8 Å². The van der Waals surface area contributed by atoms with Crippen molar-refractivity contribution in [3.8, 4) is 5.75 Å². The molecule has 2 N–H and O–H groups in total. The molecule has 15 heavy (non-hydrogen) atoms. The third-order valence-electron chi connectivity index (χ3n) is 1.34. The van der Waals surface area contributed by atoms with Gasteiger partial charge < -0.3 is 14.3 Å². The molecule has 0 bridgehead atoms. The fraction of sp³-hybridized carbons (Fsp3) is 0. The monoisotopic (exact) mass is 328 g/mol. The quantitative estimate of drug-likeness (QED) is 0.475. The van der Waals surface area contributed by atoms with E-state index >= 15 is 0 Å². The minimum Gasteiger partial charge on any atom is -0.424 e. The number of hydrogen-bond donors (Lipinski definition) is 2. The second kappa shape index (κ2) is 5.44. The van der Waals surface area contributed by atoms with Crippen LogP contribution in [-0.4, -0.2) is 9.79 Å². The average Bonchev–Trinajstić information content (AvgIpc) is 2.18. The second-order valence-corrected chi connectivity index (χ2v) is 4.82. The molecule has 9 heteroatoms. The van der Waals surface area contributed by atoms with Crippen molar-refractivity contribution in [2.45, 2.75) is 0 Å². The van der Waals surface area contributed by atoms with E-state index in [1.165, 1.54) is 0 Å². The Morgan fingerprint density at radius 3 is 1.40 bits per heavy atom. The highest BCUT2D eigenvalue weighted by molar-refractivity contribution is 7.39. The molecule has 1 rings (SSSR count). The third-order valence-corrected chi connectivity index (χ3v) is 3.93. The molecule has 0 saturated heterocycles. The average molecular weight is 330 g/mol. The predicted octanol–water partition coefficient (Wildman–Crippen LogP) is 4.54. The molecule has 84 valence electrons. The van der Waals surface area contributed by atoms with Crippen LogP contribution in [0, 0.1) is 0 Å². The molecule has 0 radical (unpaired) electrons. The smallest absolute Gasteiger partial charge is 0.391 e. The lowest BCUT2D eigenvalue weighted by Crippen LogP contribution is -1.90. The highest BCUT2D eigenvalue weighted by Crippen LogP contribution is 2.50. The molecular weight excluding hydrogens is 328 g/mol. The van der Waals surface area contributed by atoms with E-state index in [-0.39, 0.29) is 30.9 Å². The maximum absolute atomic E-state index is 8.67. The first-order valence-corrected chi connectivity index (χ1v) is 6.29. The maximum atomic E-state index is 8.67. The van der Waals surface area contributed by atoms with Gasteiger partial charge in [0.15, 0.2) is 5.75 Å². The zero-order valence-corrected chi connectivity index (χ0v) is 11.3. The summed E-state index contributed by atoms with van der Waals surface area (Å²) in [6, 6.07) is 0. The number of halogens is 5. The summed E-state index contributed by atoms with van der Waals surface area (Å²) < 4.78 is 4.58. The van der Waals surface area contributed by atoms with Gasteiger partial charge >= 0.3 is 8.60 Å². The highest BCUT2D eigenvalue weighted by Gasteiger charge is 2.22. The van der Waals surface area contributed by atoms with Gasteiger partial charge in [-0.2, -0.15) is 0 Å². The summed E-state index contributed by atoms with van der Waals surface area (Å²) in [5.74, 6) is -0.214. The van der Waals surface area contributed by atoms with Gasteiger partial charge in [0.1, 0.15) is 10.0 Å². The van der Waals surface area contributed by atoms with Crippen LogP contribution in [0.3, 0.4) is 0 Å². The molecule has 1 aromatic rings. The van der Waals surface area contributed by atoms with Crippen LogP contribution in [-0.2, 0) is 0 Å². The molecular formula is C6H2Cl5O3P. The van der Waals surface area contributed by atoms with Crippen molar-refractivity contribution in [3.05, 3.63) is 25.1 Å². The lowest BCUT2D eigenvalue weighted by molar-refractivity contribution is 0.375. The van der Waals surface area contributed by atoms with Crippen LogP contribution in [0.4, 0.5) is 0 Å². The van der Waals surface area contributed by atoms with E-state index in [0.29, 0.717) is 0 Å². The van der Waals surface area contributed by atoms with Gasteiger partial charge in [-0.1, -0.05) is 58.0 Å². The first-order chi connectivity index (χ1) is 6.86. The van der Waals surface area contributed by atoms with Crippen LogP contribution in [0.15, 0.2) is 0 Å². The van der Waals surface area contributed by atoms with Gasteiger partial charge in [-0.3, -0.25) is 0 Å². The molecule has 3 nitrogen and oxygen atoms in total. The summed E-state index contributed by atoms with van der Waals surface area (Å²) in [5, 5.41) is -0.432. The van der Waals surface area contributed by atoms with Crippen molar-refractivity contribution in [1.82, 2.24) is 0 Å². The van der Waals surface area contributed by atoms with E-state index in [2.05, 4.69) is 4.52 Å². The molecule has 0 fully saturated rings. The Balaban J connectivity index is 3.39. The van der Waals surface area contributed by atoms with Gasteiger partial charge in [0.05, 0.1) is 15.1 Å². The summed E-state index contributed by atoms with van der Waals surface area (Å²) in [5.41, 5.74) is 0. The normalized spacial score (nSPS) is 10.9. The lowest BCUT2D eigenvalue weighted by Gasteiger charge is -2.12. The Morgan fingerprint density at radius 1 is 0.733 bits per heavy atom. The van der Waals surface area contributed by atoms with Crippen molar-refractivity contribution in [2.75, 3.05) is 0 Å². The minimum absolute atomic E-state index is 0.0270. The zero-order chi connectivity index (χ0) is 11.7. The van der Waals surface area contributed by atoms with E-state index in [1.54, 1.807) is 0 Å². The molecule has 0 saturated carbocycles. The fourth-order valence-electron chi connectivity index (χ4n) is 0.747. The molecule has 0 aromatic heterocycles. The summed E-state index contributed by atoms with van der Waals surface area (Å²) >= 11 is 28.5. The summed E-state index contributed by atoms with van der Waals surface area (Å²) in [6.07, 6.45) is 0. The molecule has 0 unspecified atom stereocenters. The van der Waals surface area contributed by atoms with Crippen molar-refractivity contribution in [2.24, 2.45) is 0 Å². The fourth-order valence-corrected chi connectivity index (χ4v) is 2.40. The molecule has 1 aromatic carbocycles. The highest BCUT2D eigenvalue weighted by atomic mass is 35.5. The summed E-state index contributed by atoms with van der Waals surface area (Å²) in [7, 11) is -2.67. The topological polar surface area (TPSA) is 49.7 Å². The van der Waals surface area contributed by atoms with E-state index < -0.39 is 8.60 Å². The standard InChI is InChI=1S/C6H2Cl5O3P/c7-1-2(8)4(10)6(14-15(12)13)5(11)3(1)9/h12-13H. The summed E-state index contributed by atoms with van der Waals surface area (Å²) in [4.78, 5) is 17.3. The predicted molar refractivity (Wildman–Crippen MR) is 63.5 cm³/mol. The van der Waals surface area contributed by atoms with E-state index in [0.717, 1.165) is 0 Å². The van der Waals surface area contributed by atoms with Crippen LogP contribution in [0.1, 0.15) is 0 Å². The van der Waals surface area contributed by atoms with Crippen LogP contribution >= 0.6 is 66.6 Å². The van der Waals surface area contributed by atoms with Gasteiger partial charge in [-0.15, -0.1) is 0 Å². The van der Waals surface area contributed by atoms with Crippen molar-refractivity contribution < 1.29 is 14.3 Å². The second-order valence-electron chi connectivity index (χ2n) is 2.24. The third kappa shape index (κ3) is 2.93. The van der Waals surface area contributed by atoms with Crippen LogP contribution in [0.2, 0.25) is 25.1 Å². The van der Waals surface area contributed by atoms with Gasteiger partial charge in [-0.05, 0) is 0 Å². The van der Waals surface area contributed by atoms with Gasteiger partial charge in [-0.25, -0.2) is 0 Å². The molecule has 0 spiro atoms. The Bertz CT molecular complexity index is 368. The molecule has 0 aliphatic carbocycles. The van der Waals surface area contributed by atoms with Crippen molar-refractivity contribution in [1.29, 1.82) is 0 Å². The van der Waals surface area contributed by atoms with Crippen molar-refractivity contribution in [3.63, 3.8) is 0 Å². The lowest BCUT2D eigenvalue weighted by atomic mass is 10.3. The van der Waals surface area contributed by atoms with Gasteiger partial charge in [0.25, 0.3) is 0 Å².